The zero-order valence-corrected chi connectivity index (χ0v) is 13.0. The largest absolute Gasteiger partial charge is 0.454 e. The van der Waals surface area contributed by atoms with E-state index in [1.807, 2.05) is 35.9 Å². The fourth-order valence-electron chi connectivity index (χ4n) is 2.45. The van der Waals surface area contributed by atoms with Gasteiger partial charge in [0.15, 0.2) is 11.5 Å². The quantitative estimate of drug-likeness (QED) is 0.847. The van der Waals surface area contributed by atoms with Crippen molar-refractivity contribution in [1.82, 2.24) is 20.2 Å². The molecule has 0 fully saturated rings. The van der Waals surface area contributed by atoms with Gasteiger partial charge in [0, 0.05) is 31.5 Å². The molecule has 1 aliphatic rings. The minimum Gasteiger partial charge on any atom is -0.454 e. The van der Waals surface area contributed by atoms with Gasteiger partial charge in [-0.2, -0.15) is 0 Å². The highest BCUT2D eigenvalue weighted by Gasteiger charge is 2.13. The van der Waals surface area contributed by atoms with Gasteiger partial charge in [-0.3, -0.25) is 0 Å². The van der Waals surface area contributed by atoms with Gasteiger partial charge in [-0.15, -0.1) is 0 Å². The normalized spacial score (nSPS) is 13.6. The van der Waals surface area contributed by atoms with E-state index in [0.717, 1.165) is 23.5 Å². The first kappa shape index (κ1) is 15.2. The number of carbonyl (C=O) groups excluding carboxylic acids is 1. The Bertz CT molecular complexity index is 657. The molecule has 0 radical (unpaired) electrons. The van der Waals surface area contributed by atoms with Crippen LogP contribution in [0.15, 0.2) is 36.9 Å². The molecule has 1 aliphatic heterocycles. The fourth-order valence-corrected chi connectivity index (χ4v) is 2.45. The summed E-state index contributed by atoms with van der Waals surface area (Å²) in [5.41, 5.74) is 1.10. The summed E-state index contributed by atoms with van der Waals surface area (Å²) in [5.74, 6) is 1.54. The highest BCUT2D eigenvalue weighted by atomic mass is 16.7. The first-order valence-corrected chi connectivity index (χ1v) is 7.59. The SMILES string of the molecule is CC(Cn1ccnc1)NC(=O)NCCc1ccc2c(c1)OCO2. The summed E-state index contributed by atoms with van der Waals surface area (Å²) in [5, 5.41) is 5.77. The van der Waals surface area contributed by atoms with Crippen LogP contribution in [0.2, 0.25) is 0 Å². The lowest BCUT2D eigenvalue weighted by molar-refractivity contribution is 0.174. The number of imidazole rings is 1. The Hall–Kier alpha value is -2.70. The van der Waals surface area contributed by atoms with Crippen LogP contribution in [-0.4, -0.2) is 35.0 Å². The Morgan fingerprint density at radius 3 is 3.09 bits per heavy atom. The Balaban J connectivity index is 1.39. The van der Waals surface area contributed by atoms with Gasteiger partial charge in [-0.05, 0) is 31.0 Å². The molecule has 1 unspecified atom stereocenters. The van der Waals surface area contributed by atoms with E-state index in [2.05, 4.69) is 15.6 Å². The smallest absolute Gasteiger partial charge is 0.315 e. The Labute approximate surface area is 134 Å². The van der Waals surface area contributed by atoms with Crippen LogP contribution in [0.3, 0.4) is 0 Å². The van der Waals surface area contributed by atoms with E-state index in [1.165, 1.54) is 0 Å². The first-order valence-electron chi connectivity index (χ1n) is 7.59. The predicted octanol–water partition coefficient (Wildman–Crippen LogP) is 1.54. The second kappa shape index (κ2) is 7.04. The monoisotopic (exact) mass is 316 g/mol. The van der Waals surface area contributed by atoms with Crippen molar-refractivity contribution in [2.24, 2.45) is 0 Å². The number of hydrogen-bond acceptors (Lipinski definition) is 4. The topological polar surface area (TPSA) is 77.4 Å². The number of hydrogen-bond donors (Lipinski definition) is 2. The molecule has 0 spiro atoms. The summed E-state index contributed by atoms with van der Waals surface area (Å²) in [6, 6.07) is 5.68. The van der Waals surface area contributed by atoms with E-state index in [0.29, 0.717) is 13.1 Å². The Morgan fingerprint density at radius 2 is 2.26 bits per heavy atom. The predicted molar refractivity (Wildman–Crippen MR) is 84.5 cm³/mol. The molecule has 2 amide bonds. The third-order valence-corrected chi connectivity index (χ3v) is 3.56. The van der Waals surface area contributed by atoms with E-state index >= 15 is 0 Å². The second-order valence-corrected chi connectivity index (χ2v) is 5.50. The molecule has 2 N–H and O–H groups in total. The van der Waals surface area contributed by atoms with Crippen LogP contribution in [0.25, 0.3) is 0 Å². The molecule has 1 aromatic carbocycles. The average Bonchev–Trinajstić information content (AvgIpc) is 3.17. The lowest BCUT2D eigenvalue weighted by Gasteiger charge is -2.15. The number of amides is 2. The van der Waals surface area contributed by atoms with Crippen molar-refractivity contribution in [1.29, 1.82) is 0 Å². The molecule has 1 aromatic heterocycles. The van der Waals surface area contributed by atoms with Crippen LogP contribution in [-0.2, 0) is 13.0 Å². The third-order valence-electron chi connectivity index (χ3n) is 3.56. The Morgan fingerprint density at radius 1 is 1.39 bits per heavy atom. The number of rotatable bonds is 6. The number of benzene rings is 1. The van der Waals surface area contributed by atoms with E-state index in [-0.39, 0.29) is 18.9 Å². The number of urea groups is 1. The number of aromatic nitrogens is 2. The van der Waals surface area contributed by atoms with Crippen molar-refractivity contribution in [2.75, 3.05) is 13.3 Å². The molecule has 0 aliphatic carbocycles. The minimum atomic E-state index is -0.168. The zero-order chi connectivity index (χ0) is 16.1. The first-order chi connectivity index (χ1) is 11.2. The lowest BCUT2D eigenvalue weighted by Crippen LogP contribution is -2.43. The van der Waals surface area contributed by atoms with Crippen LogP contribution in [0, 0.1) is 0 Å². The molecule has 0 saturated carbocycles. The van der Waals surface area contributed by atoms with Gasteiger partial charge in [0.1, 0.15) is 0 Å². The maximum atomic E-state index is 11.9. The molecule has 2 heterocycles. The van der Waals surface area contributed by atoms with Gasteiger partial charge in [0.05, 0.1) is 6.33 Å². The molecular formula is C16H20N4O3. The third kappa shape index (κ3) is 4.15. The van der Waals surface area contributed by atoms with Crippen molar-refractivity contribution < 1.29 is 14.3 Å². The van der Waals surface area contributed by atoms with Crippen molar-refractivity contribution in [3.8, 4) is 11.5 Å². The number of ether oxygens (including phenoxy) is 2. The Kier molecular flexibility index (Phi) is 4.65. The second-order valence-electron chi connectivity index (χ2n) is 5.50. The van der Waals surface area contributed by atoms with Gasteiger partial charge in [0.2, 0.25) is 6.79 Å². The van der Waals surface area contributed by atoms with Gasteiger partial charge in [-0.1, -0.05) is 6.07 Å². The van der Waals surface area contributed by atoms with Crippen LogP contribution < -0.4 is 20.1 Å². The molecular weight excluding hydrogens is 296 g/mol. The highest BCUT2D eigenvalue weighted by Crippen LogP contribution is 2.32. The van der Waals surface area contributed by atoms with Crippen LogP contribution in [0.4, 0.5) is 4.79 Å². The van der Waals surface area contributed by atoms with Crippen LogP contribution in [0.5, 0.6) is 11.5 Å². The maximum Gasteiger partial charge on any atom is 0.315 e. The average molecular weight is 316 g/mol. The molecule has 2 aromatic rings. The molecule has 0 bridgehead atoms. The standard InChI is InChI=1S/C16H20N4O3/c1-12(9-20-7-6-17-10-20)19-16(21)18-5-4-13-2-3-14-15(8-13)23-11-22-14/h2-3,6-8,10,12H,4-5,9,11H2,1H3,(H2,18,19,21). The number of carbonyl (C=O) groups is 1. The summed E-state index contributed by atoms with van der Waals surface area (Å²) >= 11 is 0. The molecule has 7 nitrogen and oxygen atoms in total. The van der Waals surface area contributed by atoms with Crippen LogP contribution in [0.1, 0.15) is 12.5 Å². The van der Waals surface area contributed by atoms with Crippen molar-refractivity contribution in [2.45, 2.75) is 25.9 Å². The van der Waals surface area contributed by atoms with Gasteiger partial charge < -0.3 is 24.7 Å². The molecule has 1 atom stereocenters. The molecule has 122 valence electrons. The zero-order valence-electron chi connectivity index (χ0n) is 13.0. The molecule has 3 rings (SSSR count). The van der Waals surface area contributed by atoms with E-state index < -0.39 is 0 Å². The van der Waals surface area contributed by atoms with Gasteiger partial charge in [-0.25, -0.2) is 9.78 Å². The molecule has 0 saturated heterocycles. The van der Waals surface area contributed by atoms with Crippen molar-refractivity contribution in [3.05, 3.63) is 42.5 Å². The van der Waals surface area contributed by atoms with E-state index in [9.17, 15) is 4.79 Å². The maximum absolute atomic E-state index is 11.9. The molecule has 7 heteroatoms. The van der Waals surface area contributed by atoms with Crippen molar-refractivity contribution >= 4 is 6.03 Å². The summed E-state index contributed by atoms with van der Waals surface area (Å²) in [4.78, 5) is 15.8. The van der Waals surface area contributed by atoms with E-state index in [4.69, 9.17) is 9.47 Å². The molecule has 23 heavy (non-hydrogen) atoms. The summed E-state index contributed by atoms with van der Waals surface area (Å²) < 4.78 is 12.5. The summed E-state index contributed by atoms with van der Waals surface area (Å²) in [7, 11) is 0. The van der Waals surface area contributed by atoms with Crippen molar-refractivity contribution in [3.63, 3.8) is 0 Å². The van der Waals surface area contributed by atoms with Crippen LogP contribution >= 0.6 is 0 Å². The number of nitrogens with zero attached hydrogens (tertiary/aromatic N) is 2. The summed E-state index contributed by atoms with van der Waals surface area (Å²) in [6.45, 7) is 3.48. The van der Waals surface area contributed by atoms with Gasteiger partial charge >= 0.3 is 6.03 Å². The number of fused-ring (bicyclic) bond motifs is 1. The van der Waals surface area contributed by atoms with E-state index in [1.54, 1.807) is 12.5 Å². The lowest BCUT2D eigenvalue weighted by atomic mass is 10.1. The minimum absolute atomic E-state index is 0.0229. The number of nitrogens with one attached hydrogen (secondary N) is 2. The van der Waals surface area contributed by atoms with Gasteiger partial charge in [0.25, 0.3) is 0 Å². The highest BCUT2D eigenvalue weighted by molar-refractivity contribution is 5.74. The summed E-state index contributed by atoms with van der Waals surface area (Å²) in [6.07, 6.45) is 6.06. The fraction of sp³-hybridized carbons (Fsp3) is 0.375.